The molecule has 0 amide bonds. The van der Waals surface area contributed by atoms with E-state index < -0.39 is 0 Å². The minimum atomic E-state index is 0.109. The Morgan fingerprint density at radius 1 is 0.576 bits per heavy atom. The molecule has 0 aliphatic carbocycles. The van der Waals surface area contributed by atoms with Crippen LogP contribution in [0.5, 0.6) is 0 Å². The summed E-state index contributed by atoms with van der Waals surface area (Å²) >= 11 is 0. The number of para-hydroxylation sites is 1. The quantitative estimate of drug-likeness (QED) is 0.408. The lowest BCUT2D eigenvalue weighted by atomic mass is 9.94. The first-order valence-electron chi connectivity index (χ1n) is 11.2. The second-order valence-electron chi connectivity index (χ2n) is 8.03. The van der Waals surface area contributed by atoms with Gasteiger partial charge in [0.25, 0.3) is 0 Å². The summed E-state index contributed by atoms with van der Waals surface area (Å²) in [7, 11) is 0. The normalized spacial score (nSPS) is 16.9. The zero-order chi connectivity index (χ0) is 22.3. The summed E-state index contributed by atoms with van der Waals surface area (Å²) in [5, 5.41) is 2.21. The number of anilines is 1. The van der Waals surface area contributed by atoms with E-state index in [1.807, 2.05) is 54.6 Å². The Labute approximate surface area is 195 Å². The standard InChI is InChI=1S/C31H24N2/c1-4-10-25(11-5-1)16-17-27-18-21-28(22-19-27)31-29(23-20-26-12-6-2-7-13-26)24-33(32-31)30-14-8-3-9-15-30/h1-15,18-19,21-22,29,31-32H,24H2. The molecule has 158 valence electrons. The van der Waals surface area contributed by atoms with Gasteiger partial charge >= 0.3 is 0 Å². The minimum absolute atomic E-state index is 0.109. The van der Waals surface area contributed by atoms with Gasteiger partial charge in [0.05, 0.1) is 24.2 Å². The van der Waals surface area contributed by atoms with Crippen LogP contribution in [0.4, 0.5) is 5.69 Å². The Balaban J connectivity index is 1.40. The average molecular weight is 425 g/mol. The van der Waals surface area contributed by atoms with Crippen molar-refractivity contribution in [2.24, 2.45) is 5.92 Å². The molecule has 2 atom stereocenters. The van der Waals surface area contributed by atoms with Gasteiger partial charge in [0, 0.05) is 16.7 Å². The second kappa shape index (κ2) is 9.92. The topological polar surface area (TPSA) is 15.3 Å². The molecule has 0 bridgehead atoms. The van der Waals surface area contributed by atoms with Gasteiger partial charge in [0.2, 0.25) is 0 Å². The summed E-state index contributed by atoms with van der Waals surface area (Å²) in [6.07, 6.45) is 0. The first-order valence-corrected chi connectivity index (χ1v) is 11.2. The van der Waals surface area contributed by atoms with Crippen molar-refractivity contribution in [2.45, 2.75) is 6.04 Å². The number of benzene rings is 4. The lowest BCUT2D eigenvalue weighted by Crippen LogP contribution is -2.31. The molecule has 1 heterocycles. The zero-order valence-corrected chi connectivity index (χ0v) is 18.3. The van der Waals surface area contributed by atoms with Crippen LogP contribution in [0.1, 0.15) is 28.3 Å². The highest BCUT2D eigenvalue weighted by molar-refractivity contribution is 5.49. The van der Waals surface area contributed by atoms with Gasteiger partial charge < -0.3 is 5.01 Å². The number of hydrogen-bond acceptors (Lipinski definition) is 2. The van der Waals surface area contributed by atoms with E-state index in [1.54, 1.807) is 0 Å². The van der Waals surface area contributed by atoms with Gasteiger partial charge in [-0.3, -0.25) is 0 Å². The molecule has 1 fully saturated rings. The fraction of sp³-hybridized carbons (Fsp3) is 0.0968. The fourth-order valence-electron chi connectivity index (χ4n) is 3.97. The Kier molecular flexibility index (Phi) is 6.21. The fourth-order valence-corrected chi connectivity index (χ4v) is 3.97. The molecular weight excluding hydrogens is 400 g/mol. The minimum Gasteiger partial charge on any atom is -0.307 e. The van der Waals surface area contributed by atoms with Gasteiger partial charge in [-0.25, -0.2) is 5.43 Å². The molecule has 1 N–H and O–H groups in total. The highest BCUT2D eigenvalue weighted by atomic mass is 15.5. The Hall–Kier alpha value is -4.24. The Bertz CT molecular complexity index is 1310. The van der Waals surface area contributed by atoms with Crippen LogP contribution >= 0.6 is 0 Å². The Morgan fingerprint density at radius 3 is 1.70 bits per heavy atom. The van der Waals surface area contributed by atoms with Crippen LogP contribution in [0.2, 0.25) is 0 Å². The second-order valence-corrected chi connectivity index (χ2v) is 8.03. The summed E-state index contributed by atoms with van der Waals surface area (Å²) < 4.78 is 0. The highest BCUT2D eigenvalue weighted by Crippen LogP contribution is 2.31. The van der Waals surface area contributed by atoms with Crippen molar-refractivity contribution in [1.82, 2.24) is 5.43 Å². The van der Waals surface area contributed by atoms with Gasteiger partial charge in [0.15, 0.2) is 0 Å². The highest BCUT2D eigenvalue weighted by Gasteiger charge is 2.32. The number of nitrogens with zero attached hydrogens (tertiary/aromatic N) is 1. The van der Waals surface area contributed by atoms with E-state index in [0.717, 1.165) is 28.9 Å². The molecule has 4 aromatic rings. The lowest BCUT2D eigenvalue weighted by Gasteiger charge is -2.20. The van der Waals surface area contributed by atoms with E-state index in [-0.39, 0.29) is 12.0 Å². The molecule has 1 saturated heterocycles. The predicted octanol–water partition coefficient (Wildman–Crippen LogP) is 5.82. The molecule has 33 heavy (non-hydrogen) atoms. The van der Waals surface area contributed by atoms with Crippen LogP contribution in [0.25, 0.3) is 0 Å². The van der Waals surface area contributed by atoms with E-state index in [9.17, 15) is 0 Å². The van der Waals surface area contributed by atoms with Crippen molar-refractivity contribution < 1.29 is 0 Å². The summed E-state index contributed by atoms with van der Waals surface area (Å²) in [6, 6.07) is 39.3. The molecule has 5 rings (SSSR count). The third-order valence-corrected chi connectivity index (χ3v) is 5.71. The number of nitrogens with one attached hydrogen (secondary N) is 1. The van der Waals surface area contributed by atoms with Crippen LogP contribution in [0.3, 0.4) is 0 Å². The van der Waals surface area contributed by atoms with E-state index in [0.29, 0.717) is 0 Å². The predicted molar refractivity (Wildman–Crippen MR) is 135 cm³/mol. The van der Waals surface area contributed by atoms with E-state index in [4.69, 9.17) is 0 Å². The van der Waals surface area contributed by atoms with Crippen molar-refractivity contribution >= 4 is 5.69 Å². The summed E-state index contributed by atoms with van der Waals surface area (Å²) in [5.41, 5.74) is 9.12. The SMILES string of the molecule is C(#Cc1ccc(C2NN(c3ccccc3)CC2C#Cc2ccccc2)cc1)c1ccccc1. The van der Waals surface area contributed by atoms with E-state index in [2.05, 4.69) is 94.8 Å². The van der Waals surface area contributed by atoms with E-state index >= 15 is 0 Å². The Morgan fingerprint density at radius 2 is 1.09 bits per heavy atom. The number of hydrogen-bond donors (Lipinski definition) is 1. The molecule has 1 aliphatic rings. The number of rotatable bonds is 2. The van der Waals surface area contributed by atoms with Crippen LogP contribution in [-0.2, 0) is 0 Å². The van der Waals surface area contributed by atoms with Crippen LogP contribution in [-0.4, -0.2) is 6.54 Å². The van der Waals surface area contributed by atoms with Gasteiger partial charge in [-0.1, -0.05) is 90.4 Å². The molecule has 2 unspecified atom stereocenters. The first kappa shape index (κ1) is 20.7. The summed E-state index contributed by atoms with van der Waals surface area (Å²) in [6.45, 7) is 0.823. The summed E-state index contributed by atoms with van der Waals surface area (Å²) in [5.74, 6) is 13.5. The maximum Gasteiger partial charge on any atom is 0.0667 e. The molecule has 0 aromatic heterocycles. The third-order valence-electron chi connectivity index (χ3n) is 5.71. The molecule has 2 heteroatoms. The smallest absolute Gasteiger partial charge is 0.0667 e. The van der Waals surface area contributed by atoms with Gasteiger partial charge in [-0.2, -0.15) is 0 Å². The van der Waals surface area contributed by atoms with Crippen LogP contribution in [0.15, 0.2) is 115 Å². The monoisotopic (exact) mass is 424 g/mol. The van der Waals surface area contributed by atoms with Crippen molar-refractivity contribution in [3.05, 3.63) is 138 Å². The van der Waals surface area contributed by atoms with Crippen molar-refractivity contribution in [3.63, 3.8) is 0 Å². The molecule has 0 spiro atoms. The first-order chi connectivity index (χ1) is 16.3. The average Bonchev–Trinajstić information content (AvgIpc) is 3.33. The lowest BCUT2D eigenvalue weighted by molar-refractivity contribution is 0.568. The molecule has 2 nitrogen and oxygen atoms in total. The molecular formula is C31H24N2. The number of hydrazine groups is 1. The zero-order valence-electron chi connectivity index (χ0n) is 18.3. The summed E-state index contributed by atoms with van der Waals surface area (Å²) in [4.78, 5) is 0. The van der Waals surface area contributed by atoms with Gasteiger partial charge in [0.1, 0.15) is 0 Å². The third kappa shape index (κ3) is 5.16. The van der Waals surface area contributed by atoms with Crippen LogP contribution in [0, 0.1) is 29.6 Å². The molecule has 1 aliphatic heterocycles. The van der Waals surface area contributed by atoms with Crippen molar-refractivity contribution in [3.8, 4) is 23.7 Å². The van der Waals surface area contributed by atoms with Gasteiger partial charge in [-0.15, -0.1) is 0 Å². The largest absolute Gasteiger partial charge is 0.307 e. The van der Waals surface area contributed by atoms with Crippen molar-refractivity contribution in [2.75, 3.05) is 11.6 Å². The van der Waals surface area contributed by atoms with E-state index in [1.165, 1.54) is 5.56 Å². The maximum atomic E-state index is 3.68. The molecule has 0 saturated carbocycles. The van der Waals surface area contributed by atoms with Crippen LogP contribution < -0.4 is 10.4 Å². The van der Waals surface area contributed by atoms with Gasteiger partial charge in [-0.05, 0) is 54.1 Å². The van der Waals surface area contributed by atoms with Crippen molar-refractivity contribution in [1.29, 1.82) is 0 Å². The molecule has 4 aromatic carbocycles. The maximum absolute atomic E-state index is 3.68. The molecule has 0 radical (unpaired) electrons.